The Morgan fingerprint density at radius 1 is 1.02 bits per heavy atom. The van der Waals surface area contributed by atoms with Gasteiger partial charge in [-0.1, -0.05) is 40.9 Å². The summed E-state index contributed by atoms with van der Waals surface area (Å²) >= 11 is 21.5. The molecule has 1 fully saturated rings. The molecule has 5 amide bonds. The number of carbonyl (C=O) groups excluding carboxylic acids is 4. The molecule has 0 unspecified atom stereocenters. The molecule has 13 heteroatoms. The van der Waals surface area contributed by atoms with Gasteiger partial charge in [0.2, 0.25) is 0 Å². The number of halogens is 4. The lowest BCUT2D eigenvalue weighted by molar-refractivity contribution is -0.122. The summed E-state index contributed by atoms with van der Waals surface area (Å²) in [6.45, 7) is 3.31. The number of hydrogen-bond donors (Lipinski definition) is 2. The SMILES string of the molecule is CCOc1cc(/C=C2/C(=O)NC(=O)N(c3cccc(Cl)c3C)C2=O)cc(Br)c1OCC(=O)Nc1ccc(Cl)c(Cl)c1. The number of anilines is 2. The first-order valence-electron chi connectivity index (χ1n) is 12.0. The molecule has 212 valence electrons. The summed E-state index contributed by atoms with van der Waals surface area (Å²) in [6.07, 6.45) is 1.32. The number of nitrogens with one attached hydrogen (secondary N) is 2. The third kappa shape index (κ3) is 6.84. The van der Waals surface area contributed by atoms with Crippen LogP contribution in [0.3, 0.4) is 0 Å². The van der Waals surface area contributed by atoms with Crippen LogP contribution < -0.4 is 25.0 Å². The Morgan fingerprint density at radius 3 is 2.49 bits per heavy atom. The first-order valence-corrected chi connectivity index (χ1v) is 13.9. The predicted octanol–water partition coefficient (Wildman–Crippen LogP) is 6.80. The van der Waals surface area contributed by atoms with E-state index >= 15 is 0 Å². The van der Waals surface area contributed by atoms with Gasteiger partial charge in [-0.05, 0) is 89.4 Å². The summed E-state index contributed by atoms with van der Waals surface area (Å²) in [7, 11) is 0. The van der Waals surface area contributed by atoms with Gasteiger partial charge >= 0.3 is 6.03 Å². The number of nitrogens with zero attached hydrogens (tertiary/aromatic N) is 1. The van der Waals surface area contributed by atoms with Crippen molar-refractivity contribution in [3.8, 4) is 11.5 Å². The van der Waals surface area contributed by atoms with Crippen molar-refractivity contribution < 1.29 is 28.7 Å². The summed E-state index contributed by atoms with van der Waals surface area (Å²) in [5, 5.41) is 5.85. The second-order valence-corrected chi connectivity index (χ2v) is 10.6. The number of barbiturate groups is 1. The summed E-state index contributed by atoms with van der Waals surface area (Å²) in [5.74, 6) is -1.67. The molecule has 0 bridgehead atoms. The molecule has 0 saturated carbocycles. The zero-order valence-electron chi connectivity index (χ0n) is 21.5. The van der Waals surface area contributed by atoms with E-state index in [1.807, 2.05) is 0 Å². The van der Waals surface area contributed by atoms with Gasteiger partial charge in [0.15, 0.2) is 18.1 Å². The van der Waals surface area contributed by atoms with Crippen molar-refractivity contribution in [2.45, 2.75) is 13.8 Å². The van der Waals surface area contributed by atoms with E-state index in [0.29, 0.717) is 31.3 Å². The van der Waals surface area contributed by atoms with Crippen molar-refractivity contribution in [2.75, 3.05) is 23.4 Å². The van der Waals surface area contributed by atoms with Gasteiger partial charge in [0, 0.05) is 10.7 Å². The van der Waals surface area contributed by atoms with Crippen molar-refractivity contribution >= 4 is 91.9 Å². The van der Waals surface area contributed by atoms with Crippen LogP contribution in [0.2, 0.25) is 15.1 Å². The molecule has 41 heavy (non-hydrogen) atoms. The minimum atomic E-state index is -0.887. The van der Waals surface area contributed by atoms with Gasteiger partial charge in [-0.25, -0.2) is 9.69 Å². The van der Waals surface area contributed by atoms with Crippen LogP contribution in [0.1, 0.15) is 18.1 Å². The average Bonchev–Trinajstić information content (AvgIpc) is 2.90. The monoisotopic (exact) mass is 679 g/mol. The van der Waals surface area contributed by atoms with Crippen molar-refractivity contribution in [3.05, 3.63) is 84.8 Å². The lowest BCUT2D eigenvalue weighted by Crippen LogP contribution is -2.54. The normalized spacial score (nSPS) is 14.2. The van der Waals surface area contributed by atoms with Crippen LogP contribution >= 0.6 is 50.7 Å². The fourth-order valence-corrected chi connectivity index (χ4v) is 4.91. The molecule has 0 spiro atoms. The van der Waals surface area contributed by atoms with Crippen LogP contribution in [0.5, 0.6) is 11.5 Å². The van der Waals surface area contributed by atoms with Crippen LogP contribution in [0.15, 0.2) is 58.6 Å². The van der Waals surface area contributed by atoms with E-state index in [1.54, 1.807) is 56.3 Å². The molecule has 3 aromatic carbocycles. The van der Waals surface area contributed by atoms with Gasteiger partial charge in [-0.3, -0.25) is 19.7 Å². The van der Waals surface area contributed by atoms with E-state index in [-0.39, 0.29) is 41.0 Å². The van der Waals surface area contributed by atoms with Crippen molar-refractivity contribution in [2.24, 2.45) is 0 Å². The zero-order valence-corrected chi connectivity index (χ0v) is 25.4. The van der Waals surface area contributed by atoms with Gasteiger partial charge in [-0.2, -0.15) is 0 Å². The summed E-state index contributed by atoms with van der Waals surface area (Å²) in [5.41, 5.74) is 1.29. The zero-order chi connectivity index (χ0) is 29.8. The minimum absolute atomic E-state index is 0.226. The highest BCUT2D eigenvalue weighted by molar-refractivity contribution is 9.10. The molecule has 9 nitrogen and oxygen atoms in total. The van der Waals surface area contributed by atoms with E-state index in [1.165, 1.54) is 12.1 Å². The van der Waals surface area contributed by atoms with E-state index in [2.05, 4.69) is 26.6 Å². The Hall–Kier alpha value is -3.57. The number of benzene rings is 3. The number of carbonyl (C=O) groups is 4. The molecule has 1 saturated heterocycles. The molecule has 2 N–H and O–H groups in total. The smallest absolute Gasteiger partial charge is 0.335 e. The quantitative estimate of drug-likeness (QED) is 0.200. The molecule has 1 aliphatic rings. The highest BCUT2D eigenvalue weighted by atomic mass is 79.9. The first-order chi connectivity index (χ1) is 19.5. The lowest BCUT2D eigenvalue weighted by atomic mass is 10.1. The van der Waals surface area contributed by atoms with Crippen LogP contribution in [-0.2, 0) is 14.4 Å². The first kappa shape index (κ1) is 30.4. The van der Waals surface area contributed by atoms with Crippen molar-refractivity contribution in [3.63, 3.8) is 0 Å². The maximum Gasteiger partial charge on any atom is 0.335 e. The Balaban J connectivity index is 1.59. The van der Waals surface area contributed by atoms with Crippen LogP contribution in [0.4, 0.5) is 16.2 Å². The average molecular weight is 682 g/mol. The van der Waals surface area contributed by atoms with Gasteiger partial charge in [0.25, 0.3) is 17.7 Å². The van der Waals surface area contributed by atoms with E-state index < -0.39 is 23.8 Å². The van der Waals surface area contributed by atoms with Gasteiger partial charge < -0.3 is 14.8 Å². The van der Waals surface area contributed by atoms with E-state index in [9.17, 15) is 19.2 Å². The molecule has 4 rings (SSSR count). The van der Waals surface area contributed by atoms with E-state index in [4.69, 9.17) is 44.3 Å². The summed E-state index contributed by atoms with van der Waals surface area (Å²) in [4.78, 5) is 52.0. The maximum absolute atomic E-state index is 13.3. The number of rotatable bonds is 8. The number of amides is 5. The maximum atomic E-state index is 13.3. The van der Waals surface area contributed by atoms with Crippen molar-refractivity contribution in [1.29, 1.82) is 0 Å². The molecular formula is C28H21BrCl3N3O6. The number of urea groups is 1. The van der Waals surface area contributed by atoms with Crippen LogP contribution in [0.25, 0.3) is 6.08 Å². The Labute approximate surface area is 258 Å². The molecule has 1 aliphatic heterocycles. The second-order valence-electron chi connectivity index (χ2n) is 8.57. The minimum Gasteiger partial charge on any atom is -0.490 e. The number of ether oxygens (including phenoxy) is 2. The third-order valence-corrected chi connectivity index (χ3v) is 7.51. The number of hydrogen-bond acceptors (Lipinski definition) is 6. The topological polar surface area (TPSA) is 114 Å². The Bertz CT molecular complexity index is 1610. The highest BCUT2D eigenvalue weighted by Crippen LogP contribution is 2.38. The summed E-state index contributed by atoms with van der Waals surface area (Å²) in [6, 6.07) is 11.7. The summed E-state index contributed by atoms with van der Waals surface area (Å²) < 4.78 is 11.8. The molecule has 3 aromatic rings. The molecule has 0 aromatic heterocycles. The molecular weight excluding hydrogens is 661 g/mol. The standard InChI is InChI=1S/C28H21BrCl3N3O6/c1-3-40-23-11-15(10-18(29)25(23)41-13-24(36)33-16-7-8-20(31)21(32)12-16)9-17-26(37)34-28(39)35(27(17)38)22-6-4-5-19(30)14(22)2/h4-12H,3,13H2,1-2H3,(H,33,36)(H,34,37,39)/b17-9-. The molecule has 0 atom stereocenters. The largest absolute Gasteiger partial charge is 0.490 e. The Kier molecular flexibility index (Phi) is 9.60. The van der Waals surface area contributed by atoms with E-state index in [0.717, 1.165) is 4.90 Å². The molecule has 0 radical (unpaired) electrons. The van der Waals surface area contributed by atoms with Crippen molar-refractivity contribution in [1.82, 2.24) is 5.32 Å². The molecule has 1 heterocycles. The van der Waals surface area contributed by atoms with Crippen LogP contribution in [-0.4, -0.2) is 37.0 Å². The lowest BCUT2D eigenvalue weighted by Gasteiger charge is -2.27. The van der Waals surface area contributed by atoms with Gasteiger partial charge in [0.05, 0.1) is 26.8 Å². The fraction of sp³-hybridized carbons (Fsp3) is 0.143. The highest BCUT2D eigenvalue weighted by Gasteiger charge is 2.37. The fourth-order valence-electron chi connectivity index (χ4n) is 3.86. The predicted molar refractivity (Wildman–Crippen MR) is 161 cm³/mol. The number of imide groups is 2. The third-order valence-electron chi connectivity index (χ3n) is 5.78. The second kappa shape index (κ2) is 12.9. The van der Waals surface area contributed by atoms with Gasteiger partial charge in [-0.15, -0.1) is 0 Å². The van der Waals surface area contributed by atoms with Crippen LogP contribution in [0, 0.1) is 6.92 Å². The van der Waals surface area contributed by atoms with Gasteiger partial charge in [0.1, 0.15) is 5.57 Å². The molecule has 0 aliphatic carbocycles. The Morgan fingerprint density at radius 2 is 1.78 bits per heavy atom.